The SMILES string of the molecule is CNC1CCC(N2CCC(C(C)(C)C)CC2)CC1. The Morgan fingerprint density at radius 1 is 0.889 bits per heavy atom. The highest BCUT2D eigenvalue weighted by atomic mass is 15.2. The molecule has 1 N–H and O–H groups in total. The Labute approximate surface area is 114 Å². The van der Waals surface area contributed by atoms with Crippen molar-refractivity contribution >= 4 is 0 Å². The number of piperidine rings is 1. The Bertz CT molecular complexity index is 240. The first-order valence-corrected chi connectivity index (χ1v) is 7.92. The zero-order valence-corrected chi connectivity index (χ0v) is 12.8. The van der Waals surface area contributed by atoms with Crippen LogP contribution in [0.3, 0.4) is 0 Å². The first-order valence-electron chi connectivity index (χ1n) is 7.92. The van der Waals surface area contributed by atoms with Gasteiger partial charge in [-0.3, -0.25) is 0 Å². The van der Waals surface area contributed by atoms with Crippen LogP contribution in [-0.2, 0) is 0 Å². The predicted molar refractivity (Wildman–Crippen MR) is 78.9 cm³/mol. The molecule has 1 heterocycles. The van der Waals surface area contributed by atoms with Crippen LogP contribution in [0.25, 0.3) is 0 Å². The average Bonchev–Trinajstić information content (AvgIpc) is 2.38. The van der Waals surface area contributed by atoms with Crippen molar-refractivity contribution in [3.8, 4) is 0 Å². The number of hydrogen-bond donors (Lipinski definition) is 1. The minimum atomic E-state index is 0.510. The van der Waals surface area contributed by atoms with Gasteiger partial charge < -0.3 is 10.2 Å². The van der Waals surface area contributed by atoms with Gasteiger partial charge in [-0.2, -0.15) is 0 Å². The van der Waals surface area contributed by atoms with E-state index in [4.69, 9.17) is 0 Å². The smallest absolute Gasteiger partial charge is 0.00964 e. The lowest BCUT2D eigenvalue weighted by Crippen LogP contribution is -2.46. The molecule has 1 aliphatic carbocycles. The third-order valence-corrected chi connectivity index (χ3v) is 5.38. The highest BCUT2D eigenvalue weighted by molar-refractivity contribution is 4.87. The summed E-state index contributed by atoms with van der Waals surface area (Å²) in [6.45, 7) is 9.91. The van der Waals surface area contributed by atoms with Crippen molar-refractivity contribution in [3.05, 3.63) is 0 Å². The van der Waals surface area contributed by atoms with Gasteiger partial charge in [-0.25, -0.2) is 0 Å². The molecule has 2 aliphatic rings. The van der Waals surface area contributed by atoms with Gasteiger partial charge in [0, 0.05) is 12.1 Å². The summed E-state index contributed by atoms with van der Waals surface area (Å²) in [7, 11) is 2.11. The molecule has 0 radical (unpaired) electrons. The van der Waals surface area contributed by atoms with Crippen molar-refractivity contribution in [3.63, 3.8) is 0 Å². The maximum absolute atomic E-state index is 3.44. The van der Waals surface area contributed by atoms with E-state index in [0.717, 1.165) is 18.0 Å². The summed E-state index contributed by atoms with van der Waals surface area (Å²) in [6.07, 6.45) is 8.39. The molecule has 0 bridgehead atoms. The minimum Gasteiger partial charge on any atom is -0.317 e. The van der Waals surface area contributed by atoms with E-state index in [2.05, 4.69) is 38.0 Å². The van der Waals surface area contributed by atoms with Gasteiger partial charge in [0.1, 0.15) is 0 Å². The summed E-state index contributed by atoms with van der Waals surface area (Å²) in [5.41, 5.74) is 0.510. The van der Waals surface area contributed by atoms with Gasteiger partial charge in [0.25, 0.3) is 0 Å². The normalized spacial score (nSPS) is 32.7. The van der Waals surface area contributed by atoms with E-state index < -0.39 is 0 Å². The van der Waals surface area contributed by atoms with Crippen molar-refractivity contribution in [2.45, 2.75) is 71.4 Å². The molecule has 1 aliphatic heterocycles. The van der Waals surface area contributed by atoms with E-state index in [1.54, 1.807) is 0 Å². The van der Waals surface area contributed by atoms with Gasteiger partial charge in [-0.15, -0.1) is 0 Å². The van der Waals surface area contributed by atoms with Gasteiger partial charge in [0.15, 0.2) is 0 Å². The number of rotatable bonds is 2. The molecule has 1 saturated heterocycles. The molecular formula is C16H32N2. The van der Waals surface area contributed by atoms with Gasteiger partial charge in [0.2, 0.25) is 0 Å². The van der Waals surface area contributed by atoms with Crippen LogP contribution in [0.4, 0.5) is 0 Å². The average molecular weight is 252 g/mol. The summed E-state index contributed by atoms with van der Waals surface area (Å²) < 4.78 is 0. The zero-order chi connectivity index (χ0) is 13.2. The van der Waals surface area contributed by atoms with Crippen LogP contribution < -0.4 is 5.32 Å². The van der Waals surface area contributed by atoms with E-state index >= 15 is 0 Å². The lowest BCUT2D eigenvalue weighted by molar-refractivity contribution is 0.0649. The predicted octanol–water partition coefficient (Wildman–Crippen LogP) is 3.28. The summed E-state index contributed by atoms with van der Waals surface area (Å²) in [4.78, 5) is 2.79. The van der Waals surface area contributed by atoms with Crippen molar-refractivity contribution in [2.24, 2.45) is 11.3 Å². The second-order valence-corrected chi connectivity index (χ2v) is 7.47. The Hall–Kier alpha value is -0.0800. The zero-order valence-electron chi connectivity index (χ0n) is 12.8. The van der Waals surface area contributed by atoms with Gasteiger partial charge in [0.05, 0.1) is 0 Å². The minimum absolute atomic E-state index is 0.510. The molecule has 0 spiro atoms. The van der Waals surface area contributed by atoms with Crippen LogP contribution in [0.2, 0.25) is 0 Å². The fourth-order valence-corrected chi connectivity index (χ4v) is 3.86. The molecule has 2 fully saturated rings. The third kappa shape index (κ3) is 3.48. The lowest BCUT2D eigenvalue weighted by Gasteiger charge is -2.43. The third-order valence-electron chi connectivity index (χ3n) is 5.38. The summed E-state index contributed by atoms with van der Waals surface area (Å²) >= 11 is 0. The first kappa shape index (κ1) is 14.3. The van der Waals surface area contributed by atoms with Crippen LogP contribution in [0.1, 0.15) is 59.3 Å². The van der Waals surface area contributed by atoms with E-state index in [1.807, 2.05) is 0 Å². The summed E-state index contributed by atoms with van der Waals surface area (Å²) in [5.74, 6) is 0.933. The monoisotopic (exact) mass is 252 g/mol. The molecule has 2 rings (SSSR count). The summed E-state index contributed by atoms with van der Waals surface area (Å²) in [6, 6.07) is 1.67. The molecule has 0 aromatic rings. The number of hydrogen-bond acceptors (Lipinski definition) is 2. The highest BCUT2D eigenvalue weighted by Crippen LogP contribution is 2.36. The molecule has 2 heteroatoms. The maximum Gasteiger partial charge on any atom is 0.00964 e. The van der Waals surface area contributed by atoms with Crippen LogP contribution in [-0.4, -0.2) is 37.1 Å². The Kier molecular flexibility index (Phi) is 4.71. The van der Waals surface area contributed by atoms with Crippen LogP contribution in [0.5, 0.6) is 0 Å². The van der Waals surface area contributed by atoms with Crippen molar-refractivity contribution in [1.82, 2.24) is 10.2 Å². The van der Waals surface area contributed by atoms with Crippen molar-refractivity contribution in [1.29, 1.82) is 0 Å². The molecule has 0 unspecified atom stereocenters. The van der Waals surface area contributed by atoms with Gasteiger partial charge in [-0.1, -0.05) is 20.8 Å². The van der Waals surface area contributed by atoms with E-state index in [-0.39, 0.29) is 0 Å². The highest BCUT2D eigenvalue weighted by Gasteiger charge is 2.32. The van der Waals surface area contributed by atoms with Gasteiger partial charge in [-0.05, 0) is 70.0 Å². The topological polar surface area (TPSA) is 15.3 Å². The molecule has 0 amide bonds. The molecule has 1 saturated carbocycles. The van der Waals surface area contributed by atoms with Crippen LogP contribution in [0, 0.1) is 11.3 Å². The first-order chi connectivity index (χ1) is 8.50. The Balaban J connectivity index is 1.77. The fraction of sp³-hybridized carbons (Fsp3) is 1.00. The standard InChI is InChI=1S/C16H32N2/c1-16(2,3)13-9-11-18(12-10-13)15-7-5-14(17-4)6-8-15/h13-15,17H,5-12H2,1-4H3. The maximum atomic E-state index is 3.44. The van der Waals surface area contributed by atoms with E-state index in [1.165, 1.54) is 51.6 Å². The van der Waals surface area contributed by atoms with Crippen molar-refractivity contribution in [2.75, 3.05) is 20.1 Å². The van der Waals surface area contributed by atoms with E-state index in [0.29, 0.717) is 5.41 Å². The van der Waals surface area contributed by atoms with Crippen LogP contribution in [0.15, 0.2) is 0 Å². The number of nitrogens with one attached hydrogen (secondary N) is 1. The molecule has 106 valence electrons. The summed E-state index contributed by atoms with van der Waals surface area (Å²) in [5, 5.41) is 3.44. The molecule has 0 aromatic carbocycles. The Morgan fingerprint density at radius 3 is 1.89 bits per heavy atom. The van der Waals surface area contributed by atoms with Crippen LogP contribution >= 0.6 is 0 Å². The number of likely N-dealkylation sites (tertiary alicyclic amines) is 1. The number of nitrogens with zero attached hydrogens (tertiary/aromatic N) is 1. The van der Waals surface area contributed by atoms with Gasteiger partial charge >= 0.3 is 0 Å². The second kappa shape index (κ2) is 5.92. The lowest BCUT2D eigenvalue weighted by atomic mass is 9.75. The van der Waals surface area contributed by atoms with E-state index in [9.17, 15) is 0 Å². The second-order valence-electron chi connectivity index (χ2n) is 7.47. The van der Waals surface area contributed by atoms with Crippen molar-refractivity contribution < 1.29 is 0 Å². The molecule has 18 heavy (non-hydrogen) atoms. The molecule has 2 nitrogen and oxygen atoms in total. The fourth-order valence-electron chi connectivity index (χ4n) is 3.86. The largest absolute Gasteiger partial charge is 0.317 e. The Morgan fingerprint density at radius 2 is 1.44 bits per heavy atom. The molecular weight excluding hydrogens is 220 g/mol. The molecule has 0 aromatic heterocycles. The molecule has 0 atom stereocenters. The quantitative estimate of drug-likeness (QED) is 0.811.